The first-order chi connectivity index (χ1) is 19.1. The molecule has 1 amide bonds. The molecule has 0 spiro atoms. The Balaban J connectivity index is 1.35. The van der Waals surface area contributed by atoms with E-state index in [1.807, 2.05) is 55.6 Å². The van der Waals surface area contributed by atoms with Crippen molar-refractivity contribution in [3.63, 3.8) is 0 Å². The van der Waals surface area contributed by atoms with Gasteiger partial charge in [0.15, 0.2) is 0 Å². The smallest absolute Gasteiger partial charge is 0.251 e. The van der Waals surface area contributed by atoms with Gasteiger partial charge in [-0.2, -0.15) is 5.10 Å². The summed E-state index contributed by atoms with van der Waals surface area (Å²) in [6.07, 6.45) is 11.9. The van der Waals surface area contributed by atoms with E-state index in [0.717, 1.165) is 78.8 Å². The largest absolute Gasteiger partial charge is 0.490 e. The van der Waals surface area contributed by atoms with Gasteiger partial charge in [-0.1, -0.05) is 25.8 Å². The highest BCUT2D eigenvalue weighted by Crippen LogP contribution is 2.32. The zero-order valence-corrected chi connectivity index (χ0v) is 23.5. The predicted octanol–water partition coefficient (Wildman–Crippen LogP) is 6.38. The average Bonchev–Trinajstić information content (AvgIpc) is 3.64. The Morgan fingerprint density at radius 1 is 1.15 bits per heavy atom. The summed E-state index contributed by atoms with van der Waals surface area (Å²) in [4.78, 5) is 20.5. The molecule has 1 aliphatic carbocycles. The van der Waals surface area contributed by atoms with Crippen LogP contribution in [0.3, 0.4) is 0 Å². The van der Waals surface area contributed by atoms with Crippen LogP contribution < -0.4 is 10.1 Å². The number of likely N-dealkylation sites (tertiary alicyclic amines) is 1. The molecule has 1 atom stereocenters. The maximum Gasteiger partial charge on any atom is 0.251 e. The number of allylic oxidation sites excluding steroid dienone is 1. The lowest BCUT2D eigenvalue weighted by Gasteiger charge is -2.29. The number of rotatable bonds is 9. The number of benzene rings is 2. The first kappa shape index (κ1) is 27.1. The molecule has 2 aliphatic rings. The summed E-state index contributed by atoms with van der Waals surface area (Å²) in [5.74, 6) is 1.23. The van der Waals surface area contributed by atoms with Gasteiger partial charge in [-0.05, 0) is 94.5 Å². The predicted molar refractivity (Wildman–Crippen MR) is 158 cm³/mol. The summed E-state index contributed by atoms with van der Waals surface area (Å²) in [7, 11) is 2.16. The molecular weight excluding hydrogens is 486 g/mol. The number of nitrogens with one attached hydrogen (secondary N) is 2. The van der Waals surface area contributed by atoms with E-state index >= 15 is 0 Å². The molecule has 1 saturated heterocycles. The summed E-state index contributed by atoms with van der Waals surface area (Å²) in [5, 5.41) is 12.0. The normalized spacial score (nSPS) is 18.7. The third-order valence-corrected chi connectivity index (χ3v) is 8.09. The van der Waals surface area contributed by atoms with Crippen LogP contribution in [-0.4, -0.2) is 59.5 Å². The standard InChI is InChI=1S/C32H41N5O2/c1-4-8-29(33-5-2)31(22-9-6-7-10-22)34-32(38)24-13-16-28-27(21-24)30(36-35-28)23-11-14-25(15-12-23)39-26-17-19-37(3)20-18-26/h5,8,11-16,21-22,26,31H,4,6-7,9-10,17-20H2,1-3H3,(H,34,38)(H,35,36)/b29-8-,33-5-. The van der Waals surface area contributed by atoms with E-state index in [-0.39, 0.29) is 18.1 Å². The van der Waals surface area contributed by atoms with Crippen molar-refractivity contribution >= 4 is 23.0 Å². The number of aromatic nitrogens is 2. The number of nitrogens with zero attached hydrogens (tertiary/aromatic N) is 3. The number of aliphatic imine (C=N–C) groups is 1. The Hall–Kier alpha value is -3.45. The highest BCUT2D eigenvalue weighted by molar-refractivity contribution is 6.01. The van der Waals surface area contributed by atoms with Gasteiger partial charge in [-0.3, -0.25) is 14.9 Å². The number of H-pyrrole nitrogens is 1. The topological polar surface area (TPSA) is 82.6 Å². The van der Waals surface area contributed by atoms with E-state index in [9.17, 15) is 4.79 Å². The van der Waals surface area contributed by atoms with E-state index in [4.69, 9.17) is 4.74 Å². The number of ether oxygens (including phenoxy) is 1. The van der Waals surface area contributed by atoms with E-state index in [2.05, 4.69) is 45.5 Å². The van der Waals surface area contributed by atoms with Gasteiger partial charge < -0.3 is 15.0 Å². The minimum absolute atomic E-state index is 0.0730. The second-order valence-electron chi connectivity index (χ2n) is 10.9. The van der Waals surface area contributed by atoms with Crippen molar-refractivity contribution in [1.29, 1.82) is 0 Å². The van der Waals surface area contributed by atoms with Crippen LogP contribution in [0.15, 0.2) is 59.2 Å². The zero-order valence-electron chi connectivity index (χ0n) is 23.5. The molecule has 1 unspecified atom stereocenters. The molecule has 3 aromatic rings. The molecule has 1 saturated carbocycles. The number of fused-ring (bicyclic) bond motifs is 1. The molecule has 2 aromatic carbocycles. The Bertz CT molecular complexity index is 1310. The van der Waals surface area contributed by atoms with E-state index < -0.39 is 0 Å². The third-order valence-electron chi connectivity index (χ3n) is 8.09. The molecule has 0 radical (unpaired) electrons. The Morgan fingerprint density at radius 3 is 2.59 bits per heavy atom. The highest BCUT2D eigenvalue weighted by atomic mass is 16.5. The quantitative estimate of drug-likeness (QED) is 0.317. The number of amides is 1. The molecule has 1 aliphatic heterocycles. The second kappa shape index (κ2) is 12.6. The number of carbonyl (C=O) groups excluding carboxylic acids is 1. The van der Waals surface area contributed by atoms with Crippen molar-refractivity contribution in [1.82, 2.24) is 20.4 Å². The number of hydrogen-bond acceptors (Lipinski definition) is 5. The van der Waals surface area contributed by atoms with E-state index in [1.54, 1.807) is 0 Å². The maximum atomic E-state index is 13.6. The molecule has 5 rings (SSSR count). The fraction of sp³-hybridized carbons (Fsp3) is 0.469. The van der Waals surface area contributed by atoms with Crippen LogP contribution in [0.1, 0.15) is 69.2 Å². The van der Waals surface area contributed by atoms with Gasteiger partial charge in [0, 0.05) is 35.8 Å². The van der Waals surface area contributed by atoms with Gasteiger partial charge in [0.05, 0.1) is 22.9 Å². The van der Waals surface area contributed by atoms with Crippen LogP contribution in [0.4, 0.5) is 0 Å². The summed E-state index contributed by atoms with van der Waals surface area (Å²) >= 11 is 0. The number of carbonyl (C=O) groups is 1. The second-order valence-corrected chi connectivity index (χ2v) is 10.9. The van der Waals surface area contributed by atoms with Crippen LogP contribution in [0, 0.1) is 5.92 Å². The molecule has 7 heteroatoms. The monoisotopic (exact) mass is 527 g/mol. The number of piperidine rings is 1. The van der Waals surface area contributed by atoms with Crippen molar-refractivity contribution < 1.29 is 9.53 Å². The minimum Gasteiger partial charge on any atom is -0.490 e. The molecule has 2 heterocycles. The average molecular weight is 528 g/mol. The van der Waals surface area contributed by atoms with Gasteiger partial charge >= 0.3 is 0 Å². The molecule has 2 fully saturated rings. The summed E-state index contributed by atoms with van der Waals surface area (Å²) in [6.45, 7) is 6.18. The Kier molecular flexibility index (Phi) is 8.77. The summed E-state index contributed by atoms with van der Waals surface area (Å²) < 4.78 is 6.22. The van der Waals surface area contributed by atoms with Crippen molar-refractivity contribution in [2.24, 2.45) is 10.9 Å². The fourth-order valence-corrected chi connectivity index (χ4v) is 5.93. The Labute approximate surface area is 231 Å². The maximum absolute atomic E-state index is 13.6. The molecular formula is C32H41N5O2. The minimum atomic E-state index is -0.0761. The zero-order chi connectivity index (χ0) is 27.2. The van der Waals surface area contributed by atoms with Crippen LogP contribution in [0.2, 0.25) is 0 Å². The highest BCUT2D eigenvalue weighted by Gasteiger charge is 2.29. The third kappa shape index (κ3) is 6.41. The first-order valence-electron chi connectivity index (χ1n) is 14.5. The lowest BCUT2D eigenvalue weighted by Crippen LogP contribution is -2.40. The number of hydrogen-bond donors (Lipinski definition) is 2. The van der Waals surface area contributed by atoms with Crippen molar-refractivity contribution in [3.8, 4) is 17.0 Å². The molecule has 2 N–H and O–H groups in total. The van der Waals surface area contributed by atoms with Crippen LogP contribution in [-0.2, 0) is 0 Å². The SMILES string of the molecule is C/C=N\C(=C/CC)C(NC(=O)c1ccc2[nH]nc(-c3ccc(OC4CCN(C)CC4)cc3)c2c1)C1CCCC1. The van der Waals surface area contributed by atoms with Gasteiger partial charge in [0.2, 0.25) is 0 Å². The lowest BCUT2D eigenvalue weighted by atomic mass is 9.94. The van der Waals surface area contributed by atoms with Crippen molar-refractivity contribution in [2.75, 3.05) is 20.1 Å². The van der Waals surface area contributed by atoms with Crippen molar-refractivity contribution in [3.05, 3.63) is 59.8 Å². The van der Waals surface area contributed by atoms with Crippen LogP contribution in [0.5, 0.6) is 5.75 Å². The van der Waals surface area contributed by atoms with E-state index in [1.165, 1.54) is 12.8 Å². The lowest BCUT2D eigenvalue weighted by molar-refractivity contribution is 0.0930. The molecule has 206 valence electrons. The summed E-state index contributed by atoms with van der Waals surface area (Å²) in [5.41, 5.74) is 4.33. The van der Waals surface area contributed by atoms with Gasteiger partial charge in [-0.25, -0.2) is 0 Å². The molecule has 7 nitrogen and oxygen atoms in total. The summed E-state index contributed by atoms with van der Waals surface area (Å²) in [6, 6.07) is 13.8. The first-order valence-corrected chi connectivity index (χ1v) is 14.5. The van der Waals surface area contributed by atoms with E-state index in [0.29, 0.717) is 11.5 Å². The fourth-order valence-electron chi connectivity index (χ4n) is 5.93. The van der Waals surface area contributed by atoms with Gasteiger partial charge in [-0.15, -0.1) is 0 Å². The molecule has 0 bridgehead atoms. The number of aromatic amines is 1. The Morgan fingerprint density at radius 2 is 1.90 bits per heavy atom. The molecule has 1 aromatic heterocycles. The van der Waals surface area contributed by atoms with Crippen LogP contribution in [0.25, 0.3) is 22.2 Å². The van der Waals surface area contributed by atoms with Gasteiger partial charge in [0.25, 0.3) is 5.91 Å². The van der Waals surface area contributed by atoms with Crippen LogP contribution >= 0.6 is 0 Å². The molecule has 39 heavy (non-hydrogen) atoms. The van der Waals surface area contributed by atoms with Crippen molar-refractivity contribution in [2.45, 2.75) is 70.9 Å². The van der Waals surface area contributed by atoms with Gasteiger partial charge in [0.1, 0.15) is 11.9 Å².